The summed E-state index contributed by atoms with van der Waals surface area (Å²) in [5, 5.41) is 14.1. The van der Waals surface area contributed by atoms with Crippen molar-refractivity contribution in [2.45, 2.75) is 95.8 Å². The van der Waals surface area contributed by atoms with Crippen molar-refractivity contribution in [2.75, 3.05) is 185 Å². The molecule has 0 aliphatic rings. The summed E-state index contributed by atoms with van der Waals surface area (Å²) in [5.41, 5.74) is 27.9. The van der Waals surface area contributed by atoms with Crippen molar-refractivity contribution in [3.05, 3.63) is 83.4 Å². The van der Waals surface area contributed by atoms with Crippen LogP contribution in [0, 0.1) is 0 Å². The molecular formula is C69H102N20O15S. The van der Waals surface area contributed by atoms with E-state index in [1.165, 1.54) is 14.2 Å². The Balaban J connectivity index is 0.873. The van der Waals surface area contributed by atoms with E-state index in [0.29, 0.717) is 164 Å². The fourth-order valence-electron chi connectivity index (χ4n) is 10.4. The zero-order valence-electron chi connectivity index (χ0n) is 60.4. The van der Waals surface area contributed by atoms with E-state index in [0.717, 1.165) is 50.1 Å². The van der Waals surface area contributed by atoms with E-state index in [1.807, 2.05) is 23.9 Å². The minimum Gasteiger partial charge on any atom is -0.467 e. The molecule has 0 saturated carbocycles. The van der Waals surface area contributed by atoms with Gasteiger partial charge in [0, 0.05) is 87.8 Å². The van der Waals surface area contributed by atoms with Crippen LogP contribution in [-0.4, -0.2) is 251 Å². The van der Waals surface area contributed by atoms with Gasteiger partial charge < -0.3 is 102 Å². The van der Waals surface area contributed by atoms with Crippen molar-refractivity contribution in [1.82, 2.24) is 71.4 Å². The Labute approximate surface area is 616 Å². The first-order valence-corrected chi connectivity index (χ1v) is 35.6. The van der Waals surface area contributed by atoms with Gasteiger partial charge in [0.2, 0.25) is 29.6 Å². The zero-order chi connectivity index (χ0) is 75.6. The fraction of sp³-hybridized carbons (Fsp3) is 0.551. The number of rotatable bonds is 53. The number of methoxy groups -OCH3 is 2. The van der Waals surface area contributed by atoms with Crippen molar-refractivity contribution >= 4 is 111 Å². The molecule has 574 valence electrons. The van der Waals surface area contributed by atoms with Crippen molar-refractivity contribution < 1.29 is 71.5 Å². The highest BCUT2D eigenvalue weighted by Crippen LogP contribution is 2.22. The molecule has 6 aromatic rings. The number of carbonyl (C=O) groups excluding carboxylic acids is 7. The number of nitrogen functional groups attached to an aromatic ring is 4. The topological polar surface area (TPSA) is 470 Å². The molecule has 5 amide bonds. The van der Waals surface area contributed by atoms with Crippen LogP contribution in [0.4, 0.5) is 34.9 Å². The monoisotopic (exact) mass is 1480 g/mol. The van der Waals surface area contributed by atoms with E-state index in [1.54, 1.807) is 60.9 Å². The lowest BCUT2D eigenvalue weighted by molar-refractivity contribution is -0.144. The number of thiol groups is 1. The maximum Gasteiger partial charge on any atom is 0.328 e. The number of esters is 2. The number of hydrogen-bond donors (Lipinski definition) is 10. The van der Waals surface area contributed by atoms with Gasteiger partial charge in [-0.3, -0.25) is 24.0 Å². The summed E-state index contributed by atoms with van der Waals surface area (Å²) < 4.78 is 43.3. The first kappa shape index (κ1) is 84.4. The maximum atomic E-state index is 13.4. The molecule has 0 saturated heterocycles. The number of nitrogens with zero attached hydrogens (tertiary/aromatic N) is 11. The third-order valence-corrected chi connectivity index (χ3v) is 16.3. The lowest BCUT2D eigenvalue weighted by Crippen LogP contribution is -2.42. The number of nitrogens with two attached hydrogens (primary N) is 4. The van der Waals surface area contributed by atoms with Gasteiger partial charge in [-0.15, -0.1) is 0 Å². The largest absolute Gasteiger partial charge is 0.467 e. The van der Waals surface area contributed by atoms with Gasteiger partial charge in [0.05, 0.1) is 130 Å². The van der Waals surface area contributed by atoms with Crippen LogP contribution >= 0.6 is 12.6 Å². The first-order valence-electron chi connectivity index (χ1n) is 34.9. The second kappa shape index (κ2) is 47.7. The second-order valence-electron chi connectivity index (χ2n) is 24.1. The Morgan fingerprint density at radius 3 is 1.27 bits per heavy atom. The highest BCUT2D eigenvalue weighted by atomic mass is 32.1. The predicted octanol–water partition coefficient (Wildman–Crippen LogP) is 1.97. The molecule has 4 heterocycles. The Morgan fingerprint density at radius 1 is 0.448 bits per heavy atom. The first-order chi connectivity index (χ1) is 50.8. The number of unbranched alkanes of at least 4 members (excludes halogenated alkanes) is 4. The molecule has 2 unspecified atom stereocenters. The number of hydrogen-bond acceptors (Lipinski definition) is 31. The maximum absolute atomic E-state index is 13.4. The summed E-state index contributed by atoms with van der Waals surface area (Å²) in [6, 6.07) is 11.4. The number of amides is 5. The van der Waals surface area contributed by atoms with E-state index < -0.39 is 35.8 Å². The van der Waals surface area contributed by atoms with Crippen molar-refractivity contribution in [3.8, 4) is 0 Å². The average Bonchev–Trinajstić information content (AvgIpc) is 0.814. The number of benzene rings is 2. The van der Waals surface area contributed by atoms with Gasteiger partial charge in [0.25, 0.3) is 11.8 Å². The molecule has 0 radical (unpaired) electrons. The molecule has 6 rings (SSSR count). The highest BCUT2D eigenvalue weighted by Gasteiger charge is 2.26. The van der Waals surface area contributed by atoms with Crippen LogP contribution in [0.3, 0.4) is 0 Å². The quantitative estimate of drug-likeness (QED) is 0.0148. The summed E-state index contributed by atoms with van der Waals surface area (Å²) in [6.07, 6.45) is 8.05. The Hall–Kier alpha value is -9.56. The van der Waals surface area contributed by atoms with Crippen LogP contribution in [0.25, 0.3) is 22.3 Å². The van der Waals surface area contributed by atoms with Gasteiger partial charge in [0.15, 0.2) is 34.0 Å². The van der Waals surface area contributed by atoms with Gasteiger partial charge in [-0.1, -0.05) is 12.8 Å². The SMILES string of the molecule is COC(=O)C(CCC(=O)NCCCCCN(CCCCCNC(=O)CCC(NC(=O)c1ccc(N(C)Cc2cnc3nc(N)nc(N)c3n2)cc1)C(=O)OC)CCOCCOCCNC(=O)CCOCCOCCOCCOCCS)NC(=O)c1ccc(N(C)Cc2cnc3nc(N)nc(N)c3n2)cc1. The number of carbonyl (C=O) groups is 7. The van der Waals surface area contributed by atoms with Gasteiger partial charge in [-0.2, -0.15) is 32.6 Å². The molecule has 4 aromatic heterocycles. The number of anilines is 6. The predicted molar refractivity (Wildman–Crippen MR) is 397 cm³/mol. The Bertz CT molecular complexity index is 3460. The van der Waals surface area contributed by atoms with Gasteiger partial charge >= 0.3 is 11.9 Å². The summed E-state index contributed by atoms with van der Waals surface area (Å²) in [7, 11) is 6.13. The van der Waals surface area contributed by atoms with Gasteiger partial charge in [-0.25, -0.2) is 29.5 Å². The summed E-state index contributed by atoms with van der Waals surface area (Å²) in [6.45, 7) is 9.08. The second-order valence-corrected chi connectivity index (χ2v) is 24.6. The Morgan fingerprint density at radius 2 is 0.838 bits per heavy atom. The molecule has 0 aliphatic heterocycles. The molecule has 35 nitrogen and oxygen atoms in total. The molecule has 0 fully saturated rings. The third kappa shape index (κ3) is 31.7. The molecule has 2 atom stereocenters. The van der Waals surface area contributed by atoms with E-state index in [2.05, 4.69) is 84.0 Å². The Kier molecular flexibility index (Phi) is 38.4. The molecule has 0 bridgehead atoms. The van der Waals surface area contributed by atoms with Gasteiger partial charge in [0.1, 0.15) is 12.1 Å². The lowest BCUT2D eigenvalue weighted by atomic mass is 10.1. The van der Waals surface area contributed by atoms with E-state index >= 15 is 0 Å². The summed E-state index contributed by atoms with van der Waals surface area (Å²) in [5.74, 6) is -2.17. The van der Waals surface area contributed by atoms with Crippen molar-refractivity contribution in [2.24, 2.45) is 0 Å². The molecule has 2 aromatic carbocycles. The van der Waals surface area contributed by atoms with E-state index in [9.17, 15) is 33.6 Å². The number of nitrogens with one attached hydrogen (secondary N) is 5. The lowest BCUT2D eigenvalue weighted by Gasteiger charge is -2.22. The number of ether oxygens (including phenoxy) is 8. The molecule has 0 aliphatic carbocycles. The molecule has 36 heteroatoms. The van der Waals surface area contributed by atoms with Crippen LogP contribution in [0.1, 0.15) is 103 Å². The normalized spacial score (nSPS) is 11.8. The molecule has 13 N–H and O–H groups in total. The van der Waals surface area contributed by atoms with Crippen molar-refractivity contribution in [1.29, 1.82) is 0 Å². The molecular weight excluding hydrogens is 1380 g/mol. The third-order valence-electron chi connectivity index (χ3n) is 16.1. The minimum absolute atomic E-state index is 0.000949. The van der Waals surface area contributed by atoms with Crippen LogP contribution in [0.5, 0.6) is 0 Å². The smallest absolute Gasteiger partial charge is 0.328 e. The van der Waals surface area contributed by atoms with E-state index in [-0.39, 0.29) is 91.3 Å². The van der Waals surface area contributed by atoms with Crippen LogP contribution in [0.15, 0.2) is 60.9 Å². The highest BCUT2D eigenvalue weighted by molar-refractivity contribution is 7.80. The number of aromatic nitrogens is 8. The molecule has 105 heavy (non-hydrogen) atoms. The van der Waals surface area contributed by atoms with Gasteiger partial charge in [-0.05, 0) is 100 Å². The van der Waals surface area contributed by atoms with E-state index in [4.69, 9.17) is 60.8 Å². The summed E-state index contributed by atoms with van der Waals surface area (Å²) in [4.78, 5) is 131. The van der Waals surface area contributed by atoms with Crippen LogP contribution < -0.4 is 59.3 Å². The zero-order valence-corrected chi connectivity index (χ0v) is 61.2. The standard InChI is InChI=1S/C69H102N20O15S/c1-87(45-49-43-77-62-58(79-49)60(70)83-68(72)85-62)51-15-11-47(12-16-51)64(93)81-53(66(95)97-3)19-21-55(90)74-24-7-5-9-27-89(29-32-101-35-34-100-31-26-76-57(92)23-30-99-33-36-102-37-38-103-39-40-104-41-42-105)28-10-6-8-25-75-56(91)22-20-54(67(96)98-4)82-65(94)48-13-17-52(18-14-48)88(2)46-50-44-78-63-59(80-50)61(71)84-69(73)86-63/h11-18,43-44,53-54,105H,5-10,19-42,45-46H2,1-4H3,(H,74,90)(H,75,91)(H,76,92)(H,81,93)(H,82,94)(H4,70,72,77,83,85)(H4,71,73,78,84,86). The fourth-order valence-corrected chi connectivity index (χ4v) is 10.6. The van der Waals surface area contributed by atoms with Crippen LogP contribution in [-0.2, 0) is 75.0 Å². The minimum atomic E-state index is -1.07. The van der Waals surface area contributed by atoms with Crippen molar-refractivity contribution in [3.63, 3.8) is 0 Å². The number of fused-ring (bicyclic) bond motifs is 2. The average molecular weight is 1480 g/mol. The summed E-state index contributed by atoms with van der Waals surface area (Å²) >= 11 is 4.09. The molecule has 0 spiro atoms. The van der Waals surface area contributed by atoms with Crippen LogP contribution in [0.2, 0.25) is 0 Å².